The van der Waals surface area contributed by atoms with Crippen molar-refractivity contribution in [1.29, 1.82) is 0 Å². The molecule has 0 amide bonds. The van der Waals surface area contributed by atoms with Gasteiger partial charge in [0.15, 0.2) is 5.96 Å². The number of pyridine rings is 1. The molecule has 9 heteroatoms. The first-order valence-corrected chi connectivity index (χ1v) is 10.6. The van der Waals surface area contributed by atoms with Crippen molar-refractivity contribution in [2.24, 2.45) is 10.9 Å². The summed E-state index contributed by atoms with van der Waals surface area (Å²) in [5.41, 5.74) is 1.13. The minimum Gasteiger partial charge on any atom is -0.474 e. The van der Waals surface area contributed by atoms with Crippen molar-refractivity contribution < 1.29 is 4.74 Å². The van der Waals surface area contributed by atoms with E-state index in [1.54, 1.807) is 13.4 Å². The van der Waals surface area contributed by atoms with Crippen LogP contribution in [0.2, 0.25) is 0 Å². The van der Waals surface area contributed by atoms with E-state index >= 15 is 0 Å². The summed E-state index contributed by atoms with van der Waals surface area (Å²) in [6, 6.07) is 4.33. The van der Waals surface area contributed by atoms with Gasteiger partial charge >= 0.3 is 0 Å². The van der Waals surface area contributed by atoms with Crippen LogP contribution >= 0.6 is 24.0 Å². The van der Waals surface area contributed by atoms with Gasteiger partial charge in [-0.15, -0.1) is 24.0 Å². The fourth-order valence-corrected chi connectivity index (χ4v) is 4.07. The maximum absolute atomic E-state index is 6.12. The van der Waals surface area contributed by atoms with E-state index < -0.39 is 0 Å². The minimum absolute atomic E-state index is 0. The highest BCUT2D eigenvalue weighted by atomic mass is 127. The molecule has 1 saturated carbocycles. The summed E-state index contributed by atoms with van der Waals surface area (Å²) in [5, 5.41) is 11.2. The highest BCUT2D eigenvalue weighted by molar-refractivity contribution is 14.0. The number of nitrogens with zero attached hydrogens (tertiary/aromatic N) is 5. The second-order valence-electron chi connectivity index (χ2n) is 8.17. The van der Waals surface area contributed by atoms with Crippen molar-refractivity contribution >= 4 is 29.9 Å². The predicted octanol–water partition coefficient (Wildman–Crippen LogP) is 2.93. The summed E-state index contributed by atoms with van der Waals surface area (Å²) >= 11 is 0. The highest BCUT2D eigenvalue weighted by Gasteiger charge is 2.21. The number of aromatic nitrogens is 4. The van der Waals surface area contributed by atoms with E-state index in [9.17, 15) is 0 Å². The average molecular weight is 525 g/mol. The van der Waals surface area contributed by atoms with Crippen LogP contribution < -0.4 is 15.4 Å². The van der Waals surface area contributed by atoms with Crippen molar-refractivity contribution in [1.82, 2.24) is 30.4 Å². The summed E-state index contributed by atoms with van der Waals surface area (Å²) in [6.45, 7) is 3.80. The molecule has 0 spiro atoms. The quantitative estimate of drug-likeness (QED) is 0.355. The minimum atomic E-state index is 0. The van der Waals surface area contributed by atoms with Gasteiger partial charge in [0.25, 0.3) is 0 Å². The van der Waals surface area contributed by atoms with Gasteiger partial charge in [-0.2, -0.15) is 5.10 Å². The van der Waals surface area contributed by atoms with Crippen molar-refractivity contribution in [3.05, 3.63) is 36.0 Å². The molecule has 1 aliphatic carbocycles. The molecule has 2 N–H and O–H groups in total. The maximum atomic E-state index is 6.12. The number of fused-ring (bicyclic) bond motifs is 1. The molecule has 1 aliphatic heterocycles. The number of rotatable bonds is 5. The van der Waals surface area contributed by atoms with Gasteiger partial charge in [-0.05, 0) is 49.7 Å². The average Bonchev–Trinajstić information content (AvgIpc) is 3.21. The van der Waals surface area contributed by atoms with Crippen LogP contribution in [0.4, 0.5) is 0 Å². The Bertz CT molecular complexity index is 832. The van der Waals surface area contributed by atoms with Gasteiger partial charge in [-0.1, -0.05) is 6.92 Å². The Morgan fingerprint density at radius 2 is 2.07 bits per heavy atom. The van der Waals surface area contributed by atoms with Gasteiger partial charge < -0.3 is 15.4 Å². The van der Waals surface area contributed by atoms with Gasteiger partial charge in [0.2, 0.25) is 5.88 Å². The second-order valence-corrected chi connectivity index (χ2v) is 8.17. The van der Waals surface area contributed by atoms with Crippen LogP contribution in [0.1, 0.15) is 50.4 Å². The lowest BCUT2D eigenvalue weighted by atomic mass is 9.89. The third kappa shape index (κ3) is 6.05. The molecule has 1 unspecified atom stereocenters. The van der Waals surface area contributed by atoms with E-state index in [1.165, 1.54) is 12.8 Å². The number of aliphatic imine (C=N–C) groups is 1. The van der Waals surface area contributed by atoms with E-state index in [1.807, 2.05) is 23.0 Å². The summed E-state index contributed by atoms with van der Waals surface area (Å²) in [5.74, 6) is 3.39. The number of hydrogen-bond acceptors (Lipinski definition) is 5. The molecular formula is C21H32IN7O. The lowest BCUT2D eigenvalue weighted by Crippen LogP contribution is -2.46. The van der Waals surface area contributed by atoms with E-state index in [-0.39, 0.29) is 24.0 Å². The zero-order chi connectivity index (χ0) is 20.1. The largest absolute Gasteiger partial charge is 0.474 e. The zero-order valence-electron chi connectivity index (χ0n) is 17.8. The molecule has 3 heterocycles. The van der Waals surface area contributed by atoms with Crippen LogP contribution in [0.5, 0.6) is 5.88 Å². The number of hydrogen-bond donors (Lipinski definition) is 2. The number of aryl methyl sites for hydroxylation is 1. The van der Waals surface area contributed by atoms with Crippen molar-refractivity contribution in [2.75, 3.05) is 7.05 Å². The number of ether oxygens (including phenoxy) is 1. The summed E-state index contributed by atoms with van der Waals surface area (Å²) in [6.07, 6.45) is 10.4. The topological polar surface area (TPSA) is 89.2 Å². The van der Waals surface area contributed by atoms with Gasteiger partial charge in [0, 0.05) is 38.3 Å². The van der Waals surface area contributed by atoms with E-state index in [4.69, 9.17) is 4.74 Å². The highest BCUT2D eigenvalue weighted by Crippen LogP contribution is 2.26. The molecular weight excluding hydrogens is 493 g/mol. The summed E-state index contributed by atoms with van der Waals surface area (Å²) in [4.78, 5) is 13.0. The van der Waals surface area contributed by atoms with Gasteiger partial charge in [0.1, 0.15) is 18.3 Å². The Morgan fingerprint density at radius 1 is 1.23 bits per heavy atom. The molecule has 0 radical (unpaired) electrons. The lowest BCUT2D eigenvalue weighted by Gasteiger charge is -2.26. The SMILES string of the molecule is CN=C(NCc1ccnc(OC2CCC(C)CC2)c1)NC1CCc2ncnn2C1.I. The van der Waals surface area contributed by atoms with Crippen LogP contribution in [0, 0.1) is 5.92 Å². The molecule has 0 aromatic carbocycles. The first-order chi connectivity index (χ1) is 14.2. The zero-order valence-corrected chi connectivity index (χ0v) is 20.1. The fourth-order valence-electron chi connectivity index (χ4n) is 4.07. The molecule has 2 aromatic heterocycles. The number of nitrogens with one attached hydrogen (secondary N) is 2. The molecule has 8 nitrogen and oxygen atoms in total. The molecule has 4 rings (SSSR count). The Morgan fingerprint density at radius 3 is 2.87 bits per heavy atom. The Balaban J connectivity index is 0.00000256. The fraction of sp³-hybridized carbons (Fsp3) is 0.619. The van der Waals surface area contributed by atoms with E-state index in [2.05, 4.69) is 37.6 Å². The molecule has 2 aromatic rings. The monoisotopic (exact) mass is 525 g/mol. The van der Waals surface area contributed by atoms with Crippen LogP contribution in [0.3, 0.4) is 0 Å². The Labute approximate surface area is 195 Å². The number of halogens is 1. The molecule has 0 bridgehead atoms. The van der Waals surface area contributed by atoms with Crippen LogP contribution in [-0.2, 0) is 19.5 Å². The normalized spacial score (nSPS) is 23.8. The van der Waals surface area contributed by atoms with Crippen molar-refractivity contribution in [3.63, 3.8) is 0 Å². The third-order valence-electron chi connectivity index (χ3n) is 5.88. The predicted molar refractivity (Wildman–Crippen MR) is 127 cm³/mol. The van der Waals surface area contributed by atoms with Crippen LogP contribution in [0.15, 0.2) is 29.6 Å². The summed E-state index contributed by atoms with van der Waals surface area (Å²) in [7, 11) is 1.80. The van der Waals surface area contributed by atoms with Crippen LogP contribution in [0.25, 0.3) is 0 Å². The molecule has 164 valence electrons. The lowest BCUT2D eigenvalue weighted by molar-refractivity contribution is 0.130. The van der Waals surface area contributed by atoms with Gasteiger partial charge in [-0.3, -0.25) is 4.99 Å². The Kier molecular flexibility index (Phi) is 8.29. The molecule has 1 fully saturated rings. The van der Waals surface area contributed by atoms with Crippen molar-refractivity contribution in [2.45, 2.75) is 70.7 Å². The van der Waals surface area contributed by atoms with Crippen LogP contribution in [-0.4, -0.2) is 44.9 Å². The molecule has 30 heavy (non-hydrogen) atoms. The molecule has 0 saturated heterocycles. The molecule has 1 atom stereocenters. The van der Waals surface area contributed by atoms with Gasteiger partial charge in [0.05, 0.1) is 6.54 Å². The smallest absolute Gasteiger partial charge is 0.213 e. The molecule has 2 aliphatic rings. The number of guanidine groups is 1. The van der Waals surface area contributed by atoms with Crippen molar-refractivity contribution in [3.8, 4) is 5.88 Å². The second kappa shape index (κ2) is 10.9. The van der Waals surface area contributed by atoms with E-state index in [0.29, 0.717) is 18.7 Å². The van der Waals surface area contributed by atoms with E-state index in [0.717, 1.165) is 61.4 Å². The first-order valence-electron chi connectivity index (χ1n) is 10.6. The first kappa shape index (κ1) is 22.8. The van der Waals surface area contributed by atoms with Gasteiger partial charge in [-0.25, -0.2) is 14.6 Å². The Hall–Kier alpha value is -1.91. The maximum Gasteiger partial charge on any atom is 0.213 e. The standard InChI is InChI=1S/C21H31N7O.HI/c1-15-3-6-18(7-4-15)29-20-11-16(9-10-23-20)12-24-21(22-2)27-17-5-8-19-25-14-26-28(19)13-17;/h9-11,14-15,17-18H,3-8,12-13H2,1-2H3,(H2,22,24,27);1H. The summed E-state index contributed by atoms with van der Waals surface area (Å²) < 4.78 is 8.09. The third-order valence-corrected chi connectivity index (χ3v) is 5.88.